The number of morpholine rings is 1. The number of aromatic nitrogens is 2. The second-order valence-electron chi connectivity index (χ2n) is 4.80. The fourth-order valence-corrected chi connectivity index (χ4v) is 2.26. The van der Waals surface area contributed by atoms with Crippen molar-refractivity contribution < 1.29 is 9.53 Å². The van der Waals surface area contributed by atoms with E-state index in [1.165, 1.54) is 0 Å². The van der Waals surface area contributed by atoms with Crippen molar-refractivity contribution in [2.45, 2.75) is 6.10 Å². The molecule has 1 fully saturated rings. The zero-order valence-electron chi connectivity index (χ0n) is 11.3. The van der Waals surface area contributed by atoms with E-state index in [0.29, 0.717) is 30.7 Å². The number of hydrogen-bond donors (Lipinski definition) is 1. The van der Waals surface area contributed by atoms with E-state index in [1.807, 2.05) is 16.8 Å². The SMILES string of the molecule is CN(CC(N)=O)CC1CN(c2ncc(Cl)cn2)CCO1. The summed E-state index contributed by atoms with van der Waals surface area (Å²) in [5.74, 6) is 0.293. The summed E-state index contributed by atoms with van der Waals surface area (Å²) in [5, 5.41) is 0.514. The van der Waals surface area contributed by atoms with Crippen LogP contribution >= 0.6 is 11.6 Å². The number of hydrogen-bond acceptors (Lipinski definition) is 6. The number of amides is 1. The van der Waals surface area contributed by atoms with Crippen molar-refractivity contribution in [3.05, 3.63) is 17.4 Å². The first-order chi connectivity index (χ1) is 9.54. The van der Waals surface area contributed by atoms with Crippen LogP contribution in [0.15, 0.2) is 12.4 Å². The lowest BCUT2D eigenvalue weighted by Gasteiger charge is -2.34. The van der Waals surface area contributed by atoms with Crippen LogP contribution in [0.1, 0.15) is 0 Å². The highest BCUT2D eigenvalue weighted by Gasteiger charge is 2.23. The van der Waals surface area contributed by atoms with Gasteiger partial charge in [0.2, 0.25) is 11.9 Å². The molecule has 8 heteroatoms. The summed E-state index contributed by atoms with van der Waals surface area (Å²) in [4.78, 5) is 23.2. The van der Waals surface area contributed by atoms with E-state index in [9.17, 15) is 4.79 Å². The highest BCUT2D eigenvalue weighted by molar-refractivity contribution is 6.30. The molecule has 1 aromatic heterocycles. The Morgan fingerprint density at radius 1 is 1.60 bits per heavy atom. The predicted octanol–water partition coefficient (Wildman–Crippen LogP) is -0.248. The van der Waals surface area contributed by atoms with Gasteiger partial charge in [-0.05, 0) is 7.05 Å². The van der Waals surface area contributed by atoms with Crippen molar-refractivity contribution in [2.75, 3.05) is 44.7 Å². The Hall–Kier alpha value is -1.44. The number of carbonyl (C=O) groups is 1. The molecule has 2 N–H and O–H groups in total. The number of primary amides is 1. The molecule has 0 spiro atoms. The number of nitrogens with two attached hydrogens (primary N) is 1. The minimum absolute atomic E-state index is 0.00706. The van der Waals surface area contributed by atoms with Crippen LogP contribution in [0.3, 0.4) is 0 Å². The molecule has 0 aliphatic carbocycles. The molecular formula is C12H18ClN5O2. The molecule has 1 aliphatic rings. The molecule has 7 nitrogen and oxygen atoms in total. The summed E-state index contributed by atoms with van der Waals surface area (Å²) in [5.41, 5.74) is 5.17. The van der Waals surface area contributed by atoms with Gasteiger partial charge in [-0.25, -0.2) is 9.97 Å². The molecule has 1 atom stereocenters. The third kappa shape index (κ3) is 4.29. The zero-order chi connectivity index (χ0) is 14.5. The van der Waals surface area contributed by atoms with E-state index < -0.39 is 0 Å². The van der Waals surface area contributed by atoms with Gasteiger partial charge in [0.05, 0.1) is 36.7 Å². The molecule has 2 heterocycles. The first-order valence-electron chi connectivity index (χ1n) is 6.35. The second-order valence-corrected chi connectivity index (χ2v) is 5.24. The summed E-state index contributed by atoms with van der Waals surface area (Å²) in [7, 11) is 1.84. The molecule has 1 amide bonds. The van der Waals surface area contributed by atoms with E-state index in [4.69, 9.17) is 22.1 Å². The van der Waals surface area contributed by atoms with Gasteiger partial charge in [-0.3, -0.25) is 9.69 Å². The fraction of sp³-hybridized carbons (Fsp3) is 0.583. The Balaban J connectivity index is 1.91. The maximum Gasteiger partial charge on any atom is 0.231 e. The van der Waals surface area contributed by atoms with E-state index in [0.717, 1.165) is 6.54 Å². The second kappa shape index (κ2) is 6.83. The number of likely N-dealkylation sites (N-methyl/N-ethyl adjacent to an activating group) is 1. The average molecular weight is 300 g/mol. The lowest BCUT2D eigenvalue weighted by molar-refractivity contribution is -0.119. The molecule has 1 aromatic rings. The standard InChI is InChI=1S/C12H18ClN5O2/c1-17(8-11(14)19)6-10-7-18(2-3-20-10)12-15-4-9(13)5-16-12/h4-5,10H,2-3,6-8H2,1H3,(H2,14,19). The van der Waals surface area contributed by atoms with E-state index in [2.05, 4.69) is 9.97 Å². The smallest absolute Gasteiger partial charge is 0.231 e. The molecule has 1 saturated heterocycles. The molecular weight excluding hydrogens is 282 g/mol. The van der Waals surface area contributed by atoms with Crippen LogP contribution in [-0.4, -0.2) is 66.7 Å². The summed E-state index contributed by atoms with van der Waals surface area (Å²) in [6.07, 6.45) is 3.15. The van der Waals surface area contributed by atoms with Gasteiger partial charge in [0.25, 0.3) is 0 Å². The summed E-state index contributed by atoms with van der Waals surface area (Å²) >= 11 is 5.78. The van der Waals surface area contributed by atoms with Crippen molar-refractivity contribution in [3.8, 4) is 0 Å². The predicted molar refractivity (Wildman–Crippen MR) is 75.7 cm³/mol. The average Bonchev–Trinajstić information content (AvgIpc) is 2.38. The van der Waals surface area contributed by atoms with Crippen LogP contribution in [0.5, 0.6) is 0 Å². The van der Waals surface area contributed by atoms with Crippen LogP contribution < -0.4 is 10.6 Å². The maximum atomic E-state index is 10.9. The number of nitrogens with zero attached hydrogens (tertiary/aromatic N) is 4. The molecule has 20 heavy (non-hydrogen) atoms. The largest absolute Gasteiger partial charge is 0.373 e. The van der Waals surface area contributed by atoms with Crippen LogP contribution in [-0.2, 0) is 9.53 Å². The number of anilines is 1. The molecule has 1 unspecified atom stereocenters. The number of ether oxygens (including phenoxy) is 1. The summed E-state index contributed by atoms with van der Waals surface area (Å²) in [6, 6.07) is 0. The van der Waals surface area contributed by atoms with Crippen molar-refractivity contribution in [3.63, 3.8) is 0 Å². The Morgan fingerprint density at radius 3 is 2.95 bits per heavy atom. The molecule has 1 aliphatic heterocycles. The van der Waals surface area contributed by atoms with Gasteiger partial charge >= 0.3 is 0 Å². The third-order valence-corrected chi connectivity index (χ3v) is 3.16. The Labute approximate surface area is 122 Å². The van der Waals surface area contributed by atoms with Gasteiger partial charge in [-0.15, -0.1) is 0 Å². The van der Waals surface area contributed by atoms with Gasteiger partial charge in [0.15, 0.2) is 0 Å². The fourth-order valence-electron chi connectivity index (χ4n) is 2.16. The summed E-state index contributed by atoms with van der Waals surface area (Å²) < 4.78 is 5.69. The van der Waals surface area contributed by atoms with Crippen LogP contribution in [0.4, 0.5) is 5.95 Å². The van der Waals surface area contributed by atoms with Crippen molar-refractivity contribution in [1.82, 2.24) is 14.9 Å². The van der Waals surface area contributed by atoms with Crippen molar-refractivity contribution in [1.29, 1.82) is 0 Å². The van der Waals surface area contributed by atoms with Gasteiger partial charge in [-0.2, -0.15) is 0 Å². The molecule has 0 bridgehead atoms. The molecule has 2 rings (SSSR count). The number of carbonyl (C=O) groups excluding carboxylic acids is 1. The lowest BCUT2D eigenvalue weighted by Crippen LogP contribution is -2.48. The van der Waals surface area contributed by atoms with Crippen molar-refractivity contribution in [2.24, 2.45) is 5.73 Å². The first-order valence-corrected chi connectivity index (χ1v) is 6.73. The lowest BCUT2D eigenvalue weighted by atomic mass is 10.2. The van der Waals surface area contributed by atoms with Gasteiger partial charge < -0.3 is 15.4 Å². The van der Waals surface area contributed by atoms with Gasteiger partial charge in [0, 0.05) is 19.6 Å². The summed E-state index contributed by atoms with van der Waals surface area (Å²) in [6.45, 7) is 2.85. The van der Waals surface area contributed by atoms with Gasteiger partial charge in [-0.1, -0.05) is 11.6 Å². The molecule has 0 radical (unpaired) electrons. The molecule has 0 aromatic carbocycles. The Morgan fingerprint density at radius 2 is 2.30 bits per heavy atom. The number of rotatable bonds is 5. The van der Waals surface area contributed by atoms with Crippen LogP contribution in [0.2, 0.25) is 5.02 Å². The van der Waals surface area contributed by atoms with Gasteiger partial charge in [0.1, 0.15) is 0 Å². The highest BCUT2D eigenvalue weighted by Crippen LogP contribution is 2.14. The minimum atomic E-state index is -0.346. The Bertz CT molecular complexity index is 456. The zero-order valence-corrected chi connectivity index (χ0v) is 12.1. The third-order valence-electron chi connectivity index (χ3n) is 2.97. The monoisotopic (exact) mass is 299 g/mol. The number of halogens is 1. The quantitative estimate of drug-likeness (QED) is 0.807. The maximum absolute atomic E-state index is 10.9. The van der Waals surface area contributed by atoms with E-state index >= 15 is 0 Å². The van der Waals surface area contributed by atoms with E-state index in [-0.39, 0.29) is 18.6 Å². The van der Waals surface area contributed by atoms with E-state index in [1.54, 1.807) is 12.4 Å². The highest BCUT2D eigenvalue weighted by atomic mass is 35.5. The molecule has 110 valence electrons. The van der Waals surface area contributed by atoms with Crippen LogP contribution in [0, 0.1) is 0 Å². The molecule has 0 saturated carbocycles. The topological polar surface area (TPSA) is 84.6 Å². The normalized spacial score (nSPS) is 19.4. The Kier molecular flexibility index (Phi) is 5.11. The van der Waals surface area contributed by atoms with Crippen molar-refractivity contribution >= 4 is 23.5 Å². The van der Waals surface area contributed by atoms with Crippen LogP contribution in [0.25, 0.3) is 0 Å². The minimum Gasteiger partial charge on any atom is -0.373 e. The first kappa shape index (κ1) is 15.0.